The fraction of sp³-hybridized carbons (Fsp3) is 0.667. The Morgan fingerprint density at radius 1 is 1.39 bits per heavy atom. The van der Waals surface area contributed by atoms with Gasteiger partial charge in [0.25, 0.3) is 0 Å². The largest absolute Gasteiger partial charge is 0.316 e. The third-order valence-corrected chi connectivity index (χ3v) is 3.29. The van der Waals surface area contributed by atoms with Crippen LogP contribution < -0.4 is 5.32 Å². The van der Waals surface area contributed by atoms with Crippen LogP contribution in [0.5, 0.6) is 0 Å². The zero-order valence-corrected chi connectivity index (χ0v) is 11.8. The maximum absolute atomic E-state index is 4.57. The highest BCUT2D eigenvalue weighted by Gasteiger charge is 2.29. The van der Waals surface area contributed by atoms with Gasteiger partial charge in [-0.05, 0) is 37.4 Å². The smallest absolute Gasteiger partial charge is 0.0544 e. The molecule has 0 aromatic carbocycles. The van der Waals surface area contributed by atoms with Gasteiger partial charge in [0.15, 0.2) is 0 Å². The van der Waals surface area contributed by atoms with Gasteiger partial charge in [-0.15, -0.1) is 0 Å². The Balaban J connectivity index is 1.93. The van der Waals surface area contributed by atoms with Crippen LogP contribution >= 0.6 is 0 Å². The maximum Gasteiger partial charge on any atom is 0.0544 e. The van der Waals surface area contributed by atoms with E-state index in [0.717, 1.165) is 25.0 Å². The average Bonchev–Trinajstić information content (AvgIpc) is 3.14. The standard InChI is InChI=1S/C15H25N3/c1-12(2)10-18(15-6-7-15)11-14-5-4-13(8-16-3)9-17-14/h4-5,9,12,15-16H,6-8,10-11H2,1-3H3. The summed E-state index contributed by atoms with van der Waals surface area (Å²) in [5.41, 5.74) is 2.45. The van der Waals surface area contributed by atoms with Crippen LogP contribution in [0.1, 0.15) is 37.9 Å². The maximum atomic E-state index is 4.57. The SMILES string of the molecule is CNCc1ccc(CN(CC(C)C)C2CC2)nc1. The third-order valence-electron chi connectivity index (χ3n) is 3.29. The molecule has 0 unspecified atom stereocenters. The molecule has 0 atom stereocenters. The van der Waals surface area contributed by atoms with Gasteiger partial charge in [-0.1, -0.05) is 19.9 Å². The number of nitrogens with one attached hydrogen (secondary N) is 1. The molecule has 0 aliphatic heterocycles. The molecule has 100 valence electrons. The topological polar surface area (TPSA) is 28.2 Å². The Hall–Kier alpha value is -0.930. The molecule has 1 aromatic rings. The average molecular weight is 247 g/mol. The summed E-state index contributed by atoms with van der Waals surface area (Å²) >= 11 is 0. The van der Waals surface area contributed by atoms with Crippen molar-refractivity contribution in [2.45, 2.75) is 45.8 Å². The predicted molar refractivity (Wildman–Crippen MR) is 75.3 cm³/mol. The molecule has 1 saturated carbocycles. The van der Waals surface area contributed by atoms with Gasteiger partial charge < -0.3 is 5.32 Å². The zero-order chi connectivity index (χ0) is 13.0. The summed E-state index contributed by atoms with van der Waals surface area (Å²) in [5.74, 6) is 0.731. The predicted octanol–water partition coefficient (Wildman–Crippen LogP) is 2.42. The van der Waals surface area contributed by atoms with Gasteiger partial charge in [0.05, 0.1) is 5.69 Å². The van der Waals surface area contributed by atoms with E-state index in [1.165, 1.54) is 30.6 Å². The lowest BCUT2D eigenvalue weighted by Crippen LogP contribution is -2.29. The summed E-state index contributed by atoms with van der Waals surface area (Å²) in [6, 6.07) is 5.16. The second-order valence-electron chi connectivity index (χ2n) is 5.74. The van der Waals surface area contributed by atoms with E-state index in [4.69, 9.17) is 0 Å². The van der Waals surface area contributed by atoms with Crippen molar-refractivity contribution in [2.75, 3.05) is 13.6 Å². The van der Waals surface area contributed by atoms with Crippen molar-refractivity contribution in [3.8, 4) is 0 Å². The molecule has 1 N–H and O–H groups in total. The van der Waals surface area contributed by atoms with Crippen LogP contribution in [0.15, 0.2) is 18.3 Å². The first-order valence-corrected chi connectivity index (χ1v) is 7.01. The fourth-order valence-corrected chi connectivity index (χ4v) is 2.32. The first-order chi connectivity index (χ1) is 8.69. The molecule has 1 aliphatic rings. The molecule has 0 bridgehead atoms. The van der Waals surface area contributed by atoms with Gasteiger partial charge in [-0.2, -0.15) is 0 Å². The van der Waals surface area contributed by atoms with Crippen LogP contribution in [-0.2, 0) is 13.1 Å². The van der Waals surface area contributed by atoms with Gasteiger partial charge >= 0.3 is 0 Å². The summed E-state index contributed by atoms with van der Waals surface area (Å²) in [4.78, 5) is 7.16. The zero-order valence-electron chi connectivity index (χ0n) is 11.8. The Morgan fingerprint density at radius 2 is 2.17 bits per heavy atom. The molecule has 0 spiro atoms. The minimum absolute atomic E-state index is 0.731. The minimum atomic E-state index is 0.731. The van der Waals surface area contributed by atoms with E-state index < -0.39 is 0 Å². The van der Waals surface area contributed by atoms with E-state index >= 15 is 0 Å². The van der Waals surface area contributed by atoms with Crippen LogP contribution in [0.25, 0.3) is 0 Å². The molecule has 1 aliphatic carbocycles. The van der Waals surface area contributed by atoms with Gasteiger partial charge in [-0.25, -0.2) is 0 Å². The summed E-state index contributed by atoms with van der Waals surface area (Å²) in [6.45, 7) is 7.66. The van der Waals surface area contributed by atoms with Crippen LogP contribution in [-0.4, -0.2) is 29.5 Å². The Kier molecular flexibility index (Phi) is 4.72. The van der Waals surface area contributed by atoms with E-state index in [1.54, 1.807) is 0 Å². The lowest BCUT2D eigenvalue weighted by molar-refractivity contribution is 0.223. The van der Waals surface area contributed by atoms with Gasteiger partial charge in [0, 0.05) is 31.9 Å². The summed E-state index contributed by atoms with van der Waals surface area (Å²) in [5, 5.41) is 3.15. The quantitative estimate of drug-likeness (QED) is 0.802. The molecule has 1 fully saturated rings. The van der Waals surface area contributed by atoms with E-state index in [2.05, 4.69) is 41.2 Å². The highest BCUT2D eigenvalue weighted by Crippen LogP contribution is 2.28. The first-order valence-electron chi connectivity index (χ1n) is 7.01. The van der Waals surface area contributed by atoms with Crippen LogP contribution in [0, 0.1) is 5.92 Å². The van der Waals surface area contributed by atoms with Crippen molar-refractivity contribution in [2.24, 2.45) is 5.92 Å². The number of hydrogen-bond donors (Lipinski definition) is 1. The number of hydrogen-bond acceptors (Lipinski definition) is 3. The molecule has 18 heavy (non-hydrogen) atoms. The molecule has 3 nitrogen and oxygen atoms in total. The second-order valence-corrected chi connectivity index (χ2v) is 5.74. The normalized spacial score (nSPS) is 15.6. The molecular formula is C15H25N3. The van der Waals surface area contributed by atoms with Crippen molar-refractivity contribution < 1.29 is 0 Å². The summed E-state index contributed by atoms with van der Waals surface area (Å²) < 4.78 is 0. The molecule has 1 aromatic heterocycles. The van der Waals surface area contributed by atoms with Crippen molar-refractivity contribution in [1.82, 2.24) is 15.2 Å². The van der Waals surface area contributed by atoms with Crippen molar-refractivity contribution >= 4 is 0 Å². The highest BCUT2D eigenvalue weighted by atomic mass is 15.2. The van der Waals surface area contributed by atoms with E-state index in [9.17, 15) is 0 Å². The van der Waals surface area contributed by atoms with E-state index in [1.807, 2.05) is 13.2 Å². The number of nitrogens with zero attached hydrogens (tertiary/aromatic N) is 2. The molecule has 2 rings (SSSR count). The van der Waals surface area contributed by atoms with Gasteiger partial charge in [0.1, 0.15) is 0 Å². The molecule has 0 saturated heterocycles. The fourth-order valence-electron chi connectivity index (χ4n) is 2.32. The number of pyridine rings is 1. The monoisotopic (exact) mass is 247 g/mol. The van der Waals surface area contributed by atoms with Crippen molar-refractivity contribution in [1.29, 1.82) is 0 Å². The number of rotatable bonds is 7. The molecule has 0 radical (unpaired) electrons. The summed E-state index contributed by atoms with van der Waals surface area (Å²) in [6.07, 6.45) is 4.72. The Bertz CT molecular complexity index is 355. The second kappa shape index (κ2) is 6.30. The Morgan fingerprint density at radius 3 is 2.67 bits per heavy atom. The van der Waals surface area contributed by atoms with E-state index in [0.29, 0.717) is 0 Å². The van der Waals surface area contributed by atoms with Crippen LogP contribution in [0.4, 0.5) is 0 Å². The Labute approximate surface area is 111 Å². The lowest BCUT2D eigenvalue weighted by Gasteiger charge is -2.23. The molecular weight excluding hydrogens is 222 g/mol. The first kappa shape index (κ1) is 13.5. The van der Waals surface area contributed by atoms with E-state index in [-0.39, 0.29) is 0 Å². The van der Waals surface area contributed by atoms with Crippen molar-refractivity contribution in [3.63, 3.8) is 0 Å². The van der Waals surface area contributed by atoms with Crippen molar-refractivity contribution in [3.05, 3.63) is 29.6 Å². The van der Waals surface area contributed by atoms with Gasteiger partial charge in [-0.3, -0.25) is 9.88 Å². The van der Waals surface area contributed by atoms with Gasteiger partial charge in [0.2, 0.25) is 0 Å². The minimum Gasteiger partial charge on any atom is -0.316 e. The molecule has 3 heteroatoms. The third kappa shape index (κ3) is 4.07. The summed E-state index contributed by atoms with van der Waals surface area (Å²) in [7, 11) is 1.96. The highest BCUT2D eigenvalue weighted by molar-refractivity contribution is 5.14. The molecule has 1 heterocycles. The molecule has 0 amide bonds. The van der Waals surface area contributed by atoms with Crippen LogP contribution in [0.3, 0.4) is 0 Å². The number of aromatic nitrogens is 1. The van der Waals surface area contributed by atoms with Crippen LogP contribution in [0.2, 0.25) is 0 Å². The lowest BCUT2D eigenvalue weighted by atomic mass is 10.2.